The Morgan fingerprint density at radius 3 is 2.33 bits per heavy atom. The maximum atomic E-state index is 12.3. The van der Waals surface area contributed by atoms with Crippen molar-refractivity contribution >= 4 is 28.5 Å². The normalized spacial score (nSPS) is 14.3. The van der Waals surface area contributed by atoms with Crippen molar-refractivity contribution < 1.29 is 23.7 Å². The van der Waals surface area contributed by atoms with Crippen LogP contribution in [0.4, 0.5) is 5.69 Å². The van der Waals surface area contributed by atoms with Crippen molar-refractivity contribution in [2.24, 2.45) is 0 Å². The van der Waals surface area contributed by atoms with Gasteiger partial charge in [0.15, 0.2) is 0 Å². The monoisotopic (exact) mass is 452 g/mol. The van der Waals surface area contributed by atoms with Crippen molar-refractivity contribution in [3.05, 3.63) is 47.5 Å². The lowest BCUT2D eigenvalue weighted by Crippen LogP contribution is -2.29. The van der Waals surface area contributed by atoms with E-state index in [0.29, 0.717) is 26.4 Å². The Morgan fingerprint density at radius 2 is 1.61 bits per heavy atom. The van der Waals surface area contributed by atoms with Gasteiger partial charge >= 0.3 is 5.97 Å². The molecule has 1 saturated heterocycles. The lowest BCUT2D eigenvalue weighted by molar-refractivity contribution is -0.140. The summed E-state index contributed by atoms with van der Waals surface area (Å²) >= 11 is 0. The van der Waals surface area contributed by atoms with Crippen LogP contribution in [0.15, 0.2) is 42.0 Å². The number of rotatable bonds is 12. The number of anilines is 1. The Morgan fingerprint density at radius 1 is 0.939 bits per heavy atom. The number of nitrogens with zero attached hydrogens (tertiary/aromatic N) is 2. The van der Waals surface area contributed by atoms with Gasteiger partial charge in [0.25, 0.3) is 0 Å². The van der Waals surface area contributed by atoms with E-state index in [-0.39, 0.29) is 18.8 Å². The molecule has 3 rings (SSSR count). The number of esters is 1. The molecule has 2 aromatic rings. The van der Waals surface area contributed by atoms with Crippen molar-refractivity contribution in [1.29, 1.82) is 5.26 Å². The summed E-state index contributed by atoms with van der Waals surface area (Å²) in [5.41, 5.74) is 1.99. The van der Waals surface area contributed by atoms with Crippen molar-refractivity contribution in [1.82, 2.24) is 0 Å². The predicted octanol–water partition coefficient (Wildman–Crippen LogP) is 3.96. The fraction of sp³-hybridized carbons (Fsp3) is 0.462. The van der Waals surface area contributed by atoms with Gasteiger partial charge in [-0.2, -0.15) is 5.26 Å². The number of nitriles is 1. The number of ether oxygens (including phenoxy) is 4. The number of carbonyl (C=O) groups is 1. The highest BCUT2D eigenvalue weighted by molar-refractivity contribution is 5.98. The van der Waals surface area contributed by atoms with Crippen LogP contribution in [0.1, 0.15) is 24.8 Å². The maximum Gasteiger partial charge on any atom is 0.348 e. The highest BCUT2D eigenvalue weighted by Gasteiger charge is 2.13. The number of benzene rings is 2. The summed E-state index contributed by atoms with van der Waals surface area (Å²) in [4.78, 5) is 14.7. The van der Waals surface area contributed by atoms with Gasteiger partial charge in [-0.1, -0.05) is 18.2 Å². The van der Waals surface area contributed by atoms with Crippen LogP contribution in [0.5, 0.6) is 0 Å². The zero-order valence-electron chi connectivity index (χ0n) is 19.3. The van der Waals surface area contributed by atoms with Crippen molar-refractivity contribution in [3.8, 4) is 6.07 Å². The molecule has 7 heteroatoms. The molecule has 0 saturated carbocycles. The van der Waals surface area contributed by atoms with Gasteiger partial charge in [-0.05, 0) is 59.9 Å². The van der Waals surface area contributed by atoms with Crippen LogP contribution in [0.25, 0.3) is 16.8 Å². The van der Waals surface area contributed by atoms with Crippen LogP contribution < -0.4 is 4.90 Å². The van der Waals surface area contributed by atoms with Gasteiger partial charge in [-0.25, -0.2) is 4.79 Å². The highest BCUT2D eigenvalue weighted by atomic mass is 16.6. The maximum absolute atomic E-state index is 12.3. The number of fused-ring (bicyclic) bond motifs is 1. The largest absolute Gasteiger partial charge is 0.459 e. The fourth-order valence-electron chi connectivity index (χ4n) is 3.73. The standard InChI is InChI=1S/C26H32N2O5/c1-30-11-12-31-13-14-32-15-16-33-26(29)24(20-27)18-21-5-6-23-19-25(8-7-22(23)17-21)28-9-3-2-4-10-28/h5-8,17-19H,2-4,9-16H2,1H3. The van der Waals surface area contributed by atoms with Gasteiger partial charge in [0.2, 0.25) is 0 Å². The van der Waals surface area contributed by atoms with Crippen LogP contribution in [-0.4, -0.2) is 65.8 Å². The molecule has 1 heterocycles. The summed E-state index contributed by atoms with van der Waals surface area (Å²) in [7, 11) is 1.61. The molecular weight excluding hydrogens is 420 g/mol. The van der Waals surface area contributed by atoms with Crippen LogP contribution in [0.3, 0.4) is 0 Å². The Hall–Kier alpha value is -2.92. The first kappa shape index (κ1) is 24.7. The second-order valence-corrected chi connectivity index (χ2v) is 7.86. The molecule has 0 spiro atoms. The molecule has 0 aliphatic carbocycles. The summed E-state index contributed by atoms with van der Waals surface area (Å²) in [6, 6.07) is 14.3. The van der Waals surface area contributed by atoms with E-state index in [0.717, 1.165) is 29.4 Å². The lowest BCUT2D eigenvalue weighted by Gasteiger charge is -2.29. The number of hydrogen-bond acceptors (Lipinski definition) is 7. The van der Waals surface area contributed by atoms with E-state index in [1.165, 1.54) is 24.9 Å². The summed E-state index contributed by atoms with van der Waals surface area (Å²) in [5.74, 6) is -0.655. The van der Waals surface area contributed by atoms with Crippen LogP contribution >= 0.6 is 0 Å². The first-order chi connectivity index (χ1) is 16.2. The molecule has 0 N–H and O–H groups in total. The van der Waals surface area contributed by atoms with Crippen molar-refractivity contribution in [2.45, 2.75) is 19.3 Å². The fourth-order valence-corrected chi connectivity index (χ4v) is 3.73. The molecule has 7 nitrogen and oxygen atoms in total. The van der Waals surface area contributed by atoms with Gasteiger partial charge in [-0.3, -0.25) is 0 Å². The summed E-state index contributed by atoms with van der Waals surface area (Å²) in [6.07, 6.45) is 5.35. The molecule has 0 atom stereocenters. The zero-order chi connectivity index (χ0) is 23.3. The van der Waals surface area contributed by atoms with Crippen molar-refractivity contribution in [3.63, 3.8) is 0 Å². The minimum absolute atomic E-state index is 0.0396. The Bertz CT molecular complexity index is 976. The van der Waals surface area contributed by atoms with Crippen LogP contribution in [0, 0.1) is 11.3 Å². The Labute approximate surface area is 195 Å². The molecule has 1 aliphatic heterocycles. The molecule has 2 aromatic carbocycles. The molecule has 0 amide bonds. The molecular formula is C26H32N2O5. The third-order valence-corrected chi connectivity index (χ3v) is 5.49. The minimum atomic E-state index is -0.655. The number of hydrogen-bond donors (Lipinski definition) is 0. The third kappa shape index (κ3) is 7.86. The second kappa shape index (κ2) is 13.6. The predicted molar refractivity (Wildman–Crippen MR) is 128 cm³/mol. The first-order valence-electron chi connectivity index (χ1n) is 11.4. The van der Waals surface area contributed by atoms with E-state index < -0.39 is 5.97 Å². The van der Waals surface area contributed by atoms with E-state index in [9.17, 15) is 10.1 Å². The summed E-state index contributed by atoms with van der Waals surface area (Å²) in [6.45, 7) is 4.43. The van der Waals surface area contributed by atoms with E-state index >= 15 is 0 Å². The summed E-state index contributed by atoms with van der Waals surface area (Å²) < 4.78 is 20.7. The Kier molecular flexibility index (Phi) is 10.2. The smallest absolute Gasteiger partial charge is 0.348 e. The summed E-state index contributed by atoms with van der Waals surface area (Å²) in [5, 5.41) is 11.6. The van der Waals surface area contributed by atoms with Gasteiger partial charge in [-0.15, -0.1) is 0 Å². The van der Waals surface area contributed by atoms with Gasteiger partial charge in [0.05, 0.1) is 33.0 Å². The van der Waals surface area contributed by atoms with Crippen LogP contribution in [0.2, 0.25) is 0 Å². The zero-order valence-corrected chi connectivity index (χ0v) is 19.3. The van der Waals surface area contributed by atoms with Gasteiger partial charge in [0, 0.05) is 25.9 Å². The molecule has 1 fully saturated rings. The Balaban J connectivity index is 1.51. The van der Waals surface area contributed by atoms with Crippen LogP contribution in [-0.2, 0) is 23.7 Å². The molecule has 0 aromatic heterocycles. The average Bonchev–Trinajstić information content (AvgIpc) is 2.86. The second-order valence-electron chi connectivity index (χ2n) is 7.86. The van der Waals surface area contributed by atoms with Crippen molar-refractivity contribution in [2.75, 3.05) is 64.7 Å². The molecule has 0 unspecified atom stereocenters. The number of carbonyl (C=O) groups excluding carboxylic acids is 1. The van der Waals surface area contributed by atoms with E-state index in [4.69, 9.17) is 18.9 Å². The van der Waals surface area contributed by atoms with Gasteiger partial charge in [0.1, 0.15) is 18.2 Å². The number of piperidine rings is 1. The first-order valence-corrected chi connectivity index (χ1v) is 11.4. The molecule has 176 valence electrons. The topological polar surface area (TPSA) is 81.0 Å². The lowest BCUT2D eigenvalue weighted by atomic mass is 10.0. The SMILES string of the molecule is COCCOCCOCCOC(=O)C(C#N)=Cc1ccc2cc(N3CCCCC3)ccc2c1. The highest BCUT2D eigenvalue weighted by Crippen LogP contribution is 2.26. The van der Waals surface area contributed by atoms with E-state index in [1.54, 1.807) is 13.2 Å². The van der Waals surface area contributed by atoms with E-state index in [1.807, 2.05) is 24.3 Å². The number of methoxy groups -OCH3 is 1. The minimum Gasteiger partial charge on any atom is -0.459 e. The van der Waals surface area contributed by atoms with E-state index in [2.05, 4.69) is 23.1 Å². The molecule has 0 bridgehead atoms. The van der Waals surface area contributed by atoms with Gasteiger partial charge < -0.3 is 23.8 Å². The molecule has 0 radical (unpaired) electrons. The molecule has 33 heavy (non-hydrogen) atoms. The third-order valence-electron chi connectivity index (χ3n) is 5.49. The average molecular weight is 453 g/mol. The quantitative estimate of drug-likeness (QED) is 0.209. The molecule has 1 aliphatic rings.